The average molecular weight is 387 g/mol. The minimum atomic E-state index is -0.0885. The van der Waals surface area contributed by atoms with Crippen molar-refractivity contribution in [2.24, 2.45) is 4.99 Å². The zero-order valence-corrected chi connectivity index (χ0v) is 17.5. The van der Waals surface area contributed by atoms with Gasteiger partial charge in [-0.05, 0) is 51.1 Å². The fourth-order valence-corrected chi connectivity index (χ4v) is 4.61. The summed E-state index contributed by atoms with van der Waals surface area (Å²) in [5.74, 6) is 0.943. The van der Waals surface area contributed by atoms with Gasteiger partial charge in [-0.15, -0.1) is 0 Å². The van der Waals surface area contributed by atoms with Crippen LogP contribution in [0.2, 0.25) is 0 Å². The molecule has 1 heterocycles. The summed E-state index contributed by atoms with van der Waals surface area (Å²) in [7, 11) is 0. The molecular weight excluding hydrogens is 348 g/mol. The van der Waals surface area contributed by atoms with Gasteiger partial charge in [-0.2, -0.15) is 0 Å². The summed E-state index contributed by atoms with van der Waals surface area (Å²) in [6.45, 7) is 7.93. The Morgan fingerprint density at radius 3 is 2.54 bits per heavy atom. The van der Waals surface area contributed by atoms with Crippen molar-refractivity contribution in [3.05, 3.63) is 35.9 Å². The second-order valence-corrected chi connectivity index (χ2v) is 8.40. The summed E-state index contributed by atoms with van der Waals surface area (Å²) < 4.78 is 0. The van der Waals surface area contributed by atoms with Gasteiger partial charge in [0.1, 0.15) is 0 Å². The zero-order valence-electron chi connectivity index (χ0n) is 17.5. The molecule has 1 saturated carbocycles. The molecule has 3 rings (SSSR count). The highest BCUT2D eigenvalue weighted by Gasteiger charge is 2.35. The smallest absolute Gasteiger partial charge is 0.191 e. The lowest BCUT2D eigenvalue weighted by molar-refractivity contribution is 0.0823. The summed E-state index contributed by atoms with van der Waals surface area (Å²) in [4.78, 5) is 7.45. The average Bonchev–Trinajstić information content (AvgIpc) is 3.21. The molecule has 28 heavy (non-hydrogen) atoms. The lowest BCUT2D eigenvalue weighted by atomic mass is 9.79. The van der Waals surface area contributed by atoms with Gasteiger partial charge < -0.3 is 20.6 Å². The van der Waals surface area contributed by atoms with Crippen molar-refractivity contribution in [2.75, 3.05) is 39.3 Å². The molecule has 0 aromatic heterocycles. The van der Waals surface area contributed by atoms with Crippen LogP contribution in [0.4, 0.5) is 0 Å². The number of nitrogens with one attached hydrogen (secondary N) is 2. The van der Waals surface area contributed by atoms with Gasteiger partial charge in [0.05, 0.1) is 12.6 Å². The van der Waals surface area contributed by atoms with Gasteiger partial charge in [0.25, 0.3) is 0 Å². The number of rotatable bonds is 8. The van der Waals surface area contributed by atoms with Gasteiger partial charge in [-0.3, -0.25) is 4.99 Å². The predicted octanol–water partition coefficient (Wildman–Crippen LogP) is 2.90. The van der Waals surface area contributed by atoms with Gasteiger partial charge in [-0.1, -0.05) is 43.2 Å². The number of aliphatic hydroxyl groups excluding tert-OH is 1. The van der Waals surface area contributed by atoms with Crippen molar-refractivity contribution >= 4 is 5.96 Å². The Kier molecular flexibility index (Phi) is 8.16. The zero-order chi connectivity index (χ0) is 19.7. The van der Waals surface area contributed by atoms with Crippen LogP contribution in [0.5, 0.6) is 0 Å². The Hall–Kier alpha value is -1.59. The van der Waals surface area contributed by atoms with Crippen LogP contribution >= 0.6 is 0 Å². The van der Waals surface area contributed by atoms with Crippen LogP contribution in [-0.2, 0) is 5.41 Å². The first-order valence-electron chi connectivity index (χ1n) is 11.2. The first-order chi connectivity index (χ1) is 13.7. The molecule has 1 saturated heterocycles. The first kappa shape index (κ1) is 21.1. The molecule has 1 aromatic carbocycles. The van der Waals surface area contributed by atoms with Crippen LogP contribution in [0.3, 0.4) is 0 Å². The molecule has 1 aromatic rings. The third-order valence-electron chi connectivity index (χ3n) is 6.33. The molecule has 2 aliphatic rings. The quantitative estimate of drug-likeness (QED) is 0.365. The van der Waals surface area contributed by atoms with E-state index in [0.29, 0.717) is 0 Å². The fraction of sp³-hybridized carbons (Fsp3) is 0.696. The van der Waals surface area contributed by atoms with Crippen LogP contribution in [-0.4, -0.2) is 61.3 Å². The molecule has 156 valence electrons. The Balaban J connectivity index is 1.50. The van der Waals surface area contributed by atoms with Crippen molar-refractivity contribution in [1.82, 2.24) is 15.5 Å². The number of hydrogen-bond acceptors (Lipinski definition) is 3. The monoisotopic (exact) mass is 386 g/mol. The van der Waals surface area contributed by atoms with Crippen molar-refractivity contribution in [3.8, 4) is 0 Å². The summed E-state index contributed by atoms with van der Waals surface area (Å²) in [5, 5.41) is 16.6. The number of benzene rings is 1. The minimum absolute atomic E-state index is 0.0885. The van der Waals surface area contributed by atoms with E-state index in [0.717, 1.165) is 64.5 Å². The predicted molar refractivity (Wildman–Crippen MR) is 117 cm³/mol. The van der Waals surface area contributed by atoms with E-state index in [1.165, 1.54) is 31.2 Å². The van der Waals surface area contributed by atoms with E-state index in [1.54, 1.807) is 0 Å². The molecule has 5 heteroatoms. The molecule has 0 bridgehead atoms. The molecule has 5 nitrogen and oxygen atoms in total. The topological polar surface area (TPSA) is 59.9 Å². The van der Waals surface area contributed by atoms with Crippen LogP contribution in [0.1, 0.15) is 57.4 Å². The van der Waals surface area contributed by atoms with E-state index in [-0.39, 0.29) is 11.5 Å². The summed E-state index contributed by atoms with van der Waals surface area (Å²) in [6, 6.07) is 11.0. The van der Waals surface area contributed by atoms with Crippen molar-refractivity contribution in [2.45, 2.75) is 63.4 Å². The number of piperidine rings is 1. The fourth-order valence-electron chi connectivity index (χ4n) is 4.61. The second-order valence-electron chi connectivity index (χ2n) is 8.40. The lowest BCUT2D eigenvalue weighted by Gasteiger charge is -2.29. The Labute approximate surface area is 170 Å². The van der Waals surface area contributed by atoms with Gasteiger partial charge >= 0.3 is 0 Å². The third-order valence-corrected chi connectivity index (χ3v) is 6.33. The molecule has 0 radical (unpaired) electrons. The second kappa shape index (κ2) is 10.8. The molecule has 1 aliphatic carbocycles. The van der Waals surface area contributed by atoms with E-state index in [9.17, 15) is 5.11 Å². The van der Waals surface area contributed by atoms with Crippen LogP contribution < -0.4 is 10.6 Å². The lowest BCUT2D eigenvalue weighted by Crippen LogP contribution is -2.41. The molecule has 2 fully saturated rings. The van der Waals surface area contributed by atoms with E-state index in [2.05, 4.69) is 52.8 Å². The molecule has 0 amide bonds. The maximum atomic E-state index is 9.62. The summed E-state index contributed by atoms with van der Waals surface area (Å²) in [6.07, 6.45) is 7.93. The van der Waals surface area contributed by atoms with Crippen LogP contribution in [0.15, 0.2) is 35.3 Å². The highest BCUT2D eigenvalue weighted by atomic mass is 16.3. The standard InChI is InChI=1S/C23H38N4O/c1-2-24-22(25-15-8-16-27-17-11-21(28)12-18-27)26-19-23(13-6-7-14-23)20-9-4-3-5-10-20/h3-5,9-10,21,28H,2,6-8,11-19H2,1H3,(H2,24,25,26). The maximum absolute atomic E-state index is 9.62. The van der Waals surface area contributed by atoms with Crippen molar-refractivity contribution in [3.63, 3.8) is 0 Å². The highest BCUT2D eigenvalue weighted by molar-refractivity contribution is 5.79. The maximum Gasteiger partial charge on any atom is 0.191 e. The van der Waals surface area contributed by atoms with E-state index < -0.39 is 0 Å². The highest BCUT2D eigenvalue weighted by Crippen LogP contribution is 2.41. The largest absolute Gasteiger partial charge is 0.393 e. The van der Waals surface area contributed by atoms with E-state index in [1.807, 2.05) is 0 Å². The number of aliphatic hydroxyl groups is 1. The first-order valence-corrected chi connectivity index (χ1v) is 11.2. The van der Waals surface area contributed by atoms with Gasteiger partial charge in [0.2, 0.25) is 0 Å². The molecule has 0 unspecified atom stereocenters. The van der Waals surface area contributed by atoms with E-state index >= 15 is 0 Å². The molecular formula is C23H38N4O. The number of likely N-dealkylation sites (tertiary alicyclic amines) is 1. The Bertz CT molecular complexity index is 590. The molecule has 0 spiro atoms. The van der Waals surface area contributed by atoms with Gasteiger partial charge in [-0.25, -0.2) is 0 Å². The molecule has 0 atom stereocenters. The third kappa shape index (κ3) is 5.95. The Morgan fingerprint density at radius 1 is 1.14 bits per heavy atom. The molecule has 1 aliphatic heterocycles. The van der Waals surface area contributed by atoms with E-state index in [4.69, 9.17) is 4.99 Å². The number of guanidine groups is 1. The molecule has 3 N–H and O–H groups in total. The summed E-state index contributed by atoms with van der Waals surface area (Å²) >= 11 is 0. The van der Waals surface area contributed by atoms with Gasteiger partial charge in [0, 0.05) is 31.6 Å². The SMILES string of the molecule is CCNC(=NCC1(c2ccccc2)CCCC1)NCCCN1CCC(O)CC1. The van der Waals surface area contributed by atoms with Crippen LogP contribution in [0.25, 0.3) is 0 Å². The van der Waals surface area contributed by atoms with Crippen LogP contribution in [0, 0.1) is 0 Å². The number of hydrogen-bond donors (Lipinski definition) is 3. The number of aliphatic imine (C=N–C) groups is 1. The Morgan fingerprint density at radius 2 is 1.86 bits per heavy atom. The minimum Gasteiger partial charge on any atom is -0.393 e. The normalized spacial score (nSPS) is 21.0. The van der Waals surface area contributed by atoms with Gasteiger partial charge in [0.15, 0.2) is 5.96 Å². The van der Waals surface area contributed by atoms with Crippen molar-refractivity contribution in [1.29, 1.82) is 0 Å². The van der Waals surface area contributed by atoms with Crippen molar-refractivity contribution < 1.29 is 5.11 Å². The number of nitrogens with zero attached hydrogens (tertiary/aromatic N) is 2. The summed E-state index contributed by atoms with van der Waals surface area (Å²) in [5.41, 5.74) is 1.65.